The van der Waals surface area contributed by atoms with Crippen molar-refractivity contribution in [1.29, 1.82) is 0 Å². The molecule has 0 heterocycles. The summed E-state index contributed by atoms with van der Waals surface area (Å²) in [6.45, 7) is 2.18. The Labute approximate surface area is 97.8 Å². The van der Waals surface area contributed by atoms with Gasteiger partial charge >= 0.3 is 24.2 Å². The molecule has 0 bridgehead atoms. The van der Waals surface area contributed by atoms with E-state index in [-0.39, 0.29) is 0 Å². The molecule has 2 nitrogen and oxygen atoms in total. The zero-order chi connectivity index (χ0) is 14.9. The molecular formula is C9H11F7O2. The number of alkyl halides is 7. The molecule has 18 heavy (non-hydrogen) atoms. The molecule has 0 aliphatic carbocycles. The molecule has 0 aliphatic rings. The van der Waals surface area contributed by atoms with Crippen LogP contribution in [-0.2, 0) is 4.79 Å². The lowest BCUT2D eigenvalue weighted by atomic mass is 9.85. The second-order valence-corrected chi connectivity index (χ2v) is 4.20. The van der Waals surface area contributed by atoms with Crippen molar-refractivity contribution in [3.63, 3.8) is 0 Å². The van der Waals surface area contributed by atoms with Gasteiger partial charge < -0.3 is 5.11 Å². The highest BCUT2D eigenvalue weighted by Crippen LogP contribution is 2.50. The first kappa shape index (κ1) is 17.0. The standard InChI is InChI=1S/C9H11F7O2/c1-4(2)3-7(12,6(17)18)9(15,16)8(13,14)5(10)11/h4-5H,3H2,1-2H3,(H,17,18). The fourth-order valence-corrected chi connectivity index (χ4v) is 1.31. The molecule has 0 aromatic heterocycles. The van der Waals surface area contributed by atoms with Crippen LogP contribution in [0.4, 0.5) is 30.7 Å². The minimum atomic E-state index is -6.07. The average molecular weight is 284 g/mol. The number of aliphatic carboxylic acids is 1. The van der Waals surface area contributed by atoms with Gasteiger partial charge in [0.1, 0.15) is 0 Å². The van der Waals surface area contributed by atoms with Gasteiger partial charge in [-0.05, 0) is 5.92 Å². The van der Waals surface area contributed by atoms with E-state index in [2.05, 4.69) is 0 Å². The van der Waals surface area contributed by atoms with Crippen LogP contribution in [0, 0.1) is 5.92 Å². The maximum Gasteiger partial charge on any atom is 0.373 e. The van der Waals surface area contributed by atoms with Crippen LogP contribution < -0.4 is 0 Å². The summed E-state index contributed by atoms with van der Waals surface area (Å²) < 4.78 is 88.8. The molecule has 108 valence electrons. The van der Waals surface area contributed by atoms with Crippen molar-refractivity contribution in [2.75, 3.05) is 0 Å². The zero-order valence-electron chi connectivity index (χ0n) is 9.36. The summed E-state index contributed by atoms with van der Waals surface area (Å²) in [5.74, 6) is -16.0. The molecule has 0 radical (unpaired) electrons. The second kappa shape index (κ2) is 4.93. The van der Waals surface area contributed by atoms with Crippen LogP contribution in [0.3, 0.4) is 0 Å². The van der Waals surface area contributed by atoms with Gasteiger partial charge in [0.25, 0.3) is 5.67 Å². The lowest BCUT2D eigenvalue weighted by Gasteiger charge is -2.35. The molecule has 0 saturated heterocycles. The third kappa shape index (κ3) is 2.54. The quantitative estimate of drug-likeness (QED) is 0.759. The van der Waals surface area contributed by atoms with Crippen molar-refractivity contribution in [1.82, 2.24) is 0 Å². The number of carboxylic acids is 1. The predicted molar refractivity (Wildman–Crippen MR) is 46.8 cm³/mol. The number of carbonyl (C=O) groups is 1. The van der Waals surface area contributed by atoms with Gasteiger partial charge in [0.2, 0.25) is 0 Å². The van der Waals surface area contributed by atoms with Gasteiger partial charge in [-0.25, -0.2) is 18.0 Å². The normalized spacial score (nSPS) is 17.1. The molecule has 1 N–H and O–H groups in total. The Bertz CT molecular complexity index is 316. The Kier molecular flexibility index (Phi) is 4.65. The van der Waals surface area contributed by atoms with Crippen LogP contribution >= 0.6 is 0 Å². The van der Waals surface area contributed by atoms with Crippen molar-refractivity contribution in [2.24, 2.45) is 5.92 Å². The topological polar surface area (TPSA) is 37.3 Å². The molecule has 9 heteroatoms. The molecule has 0 aliphatic heterocycles. The molecule has 0 aromatic rings. The van der Waals surface area contributed by atoms with Gasteiger partial charge in [0, 0.05) is 6.42 Å². The molecule has 0 rings (SSSR count). The molecule has 1 unspecified atom stereocenters. The molecule has 0 spiro atoms. The van der Waals surface area contributed by atoms with Crippen LogP contribution in [0.15, 0.2) is 0 Å². The van der Waals surface area contributed by atoms with Crippen molar-refractivity contribution >= 4 is 5.97 Å². The number of halogens is 7. The van der Waals surface area contributed by atoms with E-state index >= 15 is 0 Å². The molecule has 1 atom stereocenters. The number of rotatable bonds is 6. The smallest absolute Gasteiger partial charge is 0.373 e. The predicted octanol–water partition coefficient (Wildman–Crippen LogP) is 3.36. The second-order valence-electron chi connectivity index (χ2n) is 4.20. The minimum Gasteiger partial charge on any atom is -0.479 e. The van der Waals surface area contributed by atoms with E-state index in [0.29, 0.717) is 0 Å². The average Bonchev–Trinajstić information content (AvgIpc) is 2.15. The van der Waals surface area contributed by atoms with E-state index in [1.165, 1.54) is 0 Å². The fraction of sp³-hybridized carbons (Fsp3) is 0.889. The maximum absolute atomic E-state index is 13.6. The van der Waals surface area contributed by atoms with E-state index in [0.717, 1.165) is 13.8 Å². The van der Waals surface area contributed by atoms with Gasteiger partial charge in [-0.2, -0.15) is 17.6 Å². The highest BCUT2D eigenvalue weighted by molar-refractivity contribution is 5.79. The first-order valence-electron chi connectivity index (χ1n) is 4.76. The fourth-order valence-electron chi connectivity index (χ4n) is 1.31. The Balaban J connectivity index is 5.69. The number of hydrogen-bond acceptors (Lipinski definition) is 1. The third-order valence-electron chi connectivity index (χ3n) is 2.22. The summed E-state index contributed by atoms with van der Waals surface area (Å²) >= 11 is 0. The van der Waals surface area contributed by atoms with Crippen molar-refractivity contribution in [3.05, 3.63) is 0 Å². The molecular weight excluding hydrogens is 273 g/mol. The highest BCUT2D eigenvalue weighted by Gasteiger charge is 2.76. The molecule has 0 saturated carbocycles. The van der Waals surface area contributed by atoms with Crippen LogP contribution in [-0.4, -0.2) is 35.0 Å². The lowest BCUT2D eigenvalue weighted by Crippen LogP contribution is -2.63. The highest BCUT2D eigenvalue weighted by atomic mass is 19.3. The SMILES string of the molecule is CC(C)CC(F)(C(=O)O)C(F)(F)C(F)(F)C(F)F. The minimum absolute atomic E-state index is 1.05. The zero-order valence-corrected chi connectivity index (χ0v) is 9.36. The van der Waals surface area contributed by atoms with Gasteiger partial charge in [0.15, 0.2) is 0 Å². The summed E-state index contributed by atoms with van der Waals surface area (Å²) in [5.41, 5.74) is -4.76. The van der Waals surface area contributed by atoms with Crippen LogP contribution in [0.5, 0.6) is 0 Å². The summed E-state index contributed by atoms with van der Waals surface area (Å²) in [7, 11) is 0. The summed E-state index contributed by atoms with van der Waals surface area (Å²) in [6.07, 6.45) is -6.40. The maximum atomic E-state index is 13.6. The van der Waals surface area contributed by atoms with Crippen LogP contribution in [0.2, 0.25) is 0 Å². The Morgan fingerprint density at radius 2 is 1.50 bits per heavy atom. The van der Waals surface area contributed by atoms with E-state index in [9.17, 15) is 35.5 Å². The largest absolute Gasteiger partial charge is 0.479 e. The van der Waals surface area contributed by atoms with E-state index in [4.69, 9.17) is 5.11 Å². The van der Waals surface area contributed by atoms with E-state index in [1.807, 2.05) is 0 Å². The van der Waals surface area contributed by atoms with Gasteiger partial charge in [-0.15, -0.1) is 0 Å². The van der Waals surface area contributed by atoms with Crippen LogP contribution in [0.1, 0.15) is 20.3 Å². The van der Waals surface area contributed by atoms with E-state index in [1.54, 1.807) is 0 Å². The van der Waals surface area contributed by atoms with Crippen molar-refractivity contribution < 1.29 is 40.6 Å². The third-order valence-corrected chi connectivity index (χ3v) is 2.22. The molecule has 0 amide bonds. The Morgan fingerprint density at radius 1 is 1.11 bits per heavy atom. The Hall–Kier alpha value is -1.02. The van der Waals surface area contributed by atoms with Gasteiger partial charge in [-0.3, -0.25) is 0 Å². The summed E-state index contributed by atoms with van der Waals surface area (Å²) in [4.78, 5) is 10.4. The van der Waals surface area contributed by atoms with Gasteiger partial charge in [-0.1, -0.05) is 13.8 Å². The van der Waals surface area contributed by atoms with Crippen molar-refractivity contribution in [3.8, 4) is 0 Å². The van der Waals surface area contributed by atoms with E-state index < -0.39 is 42.2 Å². The summed E-state index contributed by atoms with van der Waals surface area (Å²) in [6, 6.07) is 0. The first-order valence-corrected chi connectivity index (χ1v) is 4.76. The molecule has 0 aromatic carbocycles. The monoisotopic (exact) mass is 284 g/mol. The van der Waals surface area contributed by atoms with Gasteiger partial charge in [0.05, 0.1) is 0 Å². The van der Waals surface area contributed by atoms with Crippen LogP contribution in [0.25, 0.3) is 0 Å². The lowest BCUT2D eigenvalue weighted by molar-refractivity contribution is -0.308. The number of hydrogen-bond donors (Lipinski definition) is 1. The number of carboxylic acid groups (broad SMARTS) is 1. The molecule has 0 fully saturated rings. The first-order chi connectivity index (χ1) is 7.80. The Morgan fingerprint density at radius 3 is 1.72 bits per heavy atom. The summed E-state index contributed by atoms with van der Waals surface area (Å²) in [5, 5.41) is 8.33. The van der Waals surface area contributed by atoms with Crippen molar-refractivity contribution in [2.45, 2.75) is 44.2 Å².